The van der Waals surface area contributed by atoms with Gasteiger partial charge in [-0.2, -0.15) is 13.2 Å². The lowest BCUT2D eigenvalue weighted by Gasteiger charge is -2.17. The first kappa shape index (κ1) is 13.0. The Morgan fingerprint density at radius 3 is 2.43 bits per heavy atom. The van der Waals surface area contributed by atoms with Crippen LogP contribution in [0.3, 0.4) is 0 Å². The third-order valence-electron chi connectivity index (χ3n) is 1.55. The molecule has 0 aromatic heterocycles. The van der Waals surface area contributed by atoms with Crippen molar-refractivity contribution in [1.29, 1.82) is 0 Å². The van der Waals surface area contributed by atoms with Crippen LogP contribution in [0.5, 0.6) is 0 Å². The maximum absolute atomic E-state index is 11.8. The Bertz CT molecular complexity index is 207. The van der Waals surface area contributed by atoms with Crippen molar-refractivity contribution >= 4 is 5.84 Å². The average molecular weight is 215 g/mol. The van der Waals surface area contributed by atoms with E-state index in [0.717, 1.165) is 0 Å². The van der Waals surface area contributed by atoms with Crippen LogP contribution in [0.4, 0.5) is 13.2 Å². The lowest BCUT2D eigenvalue weighted by Crippen LogP contribution is -2.46. The smallest absolute Gasteiger partial charge is 0.409 e. The predicted octanol–water partition coefficient (Wildman–Crippen LogP) is -0.366. The molecule has 0 aromatic carbocycles. The Kier molecular flexibility index (Phi) is 4.64. The van der Waals surface area contributed by atoms with Gasteiger partial charge in [-0.1, -0.05) is 5.16 Å². The lowest BCUT2D eigenvalue weighted by molar-refractivity contribution is -0.201. The monoisotopic (exact) mass is 215 g/mol. The molecule has 2 atom stereocenters. The van der Waals surface area contributed by atoms with Gasteiger partial charge in [-0.25, -0.2) is 0 Å². The maximum atomic E-state index is 11.8. The highest BCUT2D eigenvalue weighted by atomic mass is 19.4. The van der Waals surface area contributed by atoms with Crippen LogP contribution in [-0.2, 0) is 0 Å². The third kappa shape index (κ3) is 4.28. The van der Waals surface area contributed by atoms with E-state index in [4.69, 9.17) is 16.0 Å². The molecule has 14 heavy (non-hydrogen) atoms. The Balaban J connectivity index is 3.95. The fourth-order valence-electron chi connectivity index (χ4n) is 0.595. The molecule has 0 bridgehead atoms. The molecule has 0 spiro atoms. The largest absolute Gasteiger partial charge is 0.415 e. The van der Waals surface area contributed by atoms with E-state index in [1.807, 2.05) is 0 Å². The molecule has 0 aliphatic carbocycles. The second-order valence-electron chi connectivity index (χ2n) is 2.71. The first-order valence-electron chi connectivity index (χ1n) is 3.74. The molecule has 0 aromatic rings. The van der Waals surface area contributed by atoms with Crippen molar-refractivity contribution in [3.8, 4) is 0 Å². The SMILES string of the molecule is CC(NCC(O)C(F)(F)F)C(N)=NO. The number of nitrogens with zero attached hydrogens (tertiary/aromatic N) is 1. The molecule has 0 amide bonds. The van der Waals surface area contributed by atoms with Crippen LogP contribution >= 0.6 is 0 Å². The van der Waals surface area contributed by atoms with E-state index in [0.29, 0.717) is 0 Å². The summed E-state index contributed by atoms with van der Waals surface area (Å²) < 4.78 is 35.3. The molecule has 5 N–H and O–H groups in total. The van der Waals surface area contributed by atoms with E-state index in [-0.39, 0.29) is 5.84 Å². The quantitative estimate of drug-likeness (QED) is 0.223. The Hall–Kier alpha value is -1.02. The summed E-state index contributed by atoms with van der Waals surface area (Å²) in [7, 11) is 0. The standard InChI is InChI=1S/C6H12F3N3O2/c1-3(5(10)12-14)11-2-4(13)6(7,8)9/h3-4,11,13-14H,2H2,1H3,(H2,10,12). The fraction of sp³-hybridized carbons (Fsp3) is 0.833. The van der Waals surface area contributed by atoms with Crippen LogP contribution in [-0.4, -0.2) is 41.0 Å². The number of rotatable bonds is 4. The minimum Gasteiger partial charge on any atom is -0.409 e. The van der Waals surface area contributed by atoms with E-state index in [1.54, 1.807) is 0 Å². The summed E-state index contributed by atoms with van der Waals surface area (Å²) in [5.41, 5.74) is 5.09. The third-order valence-corrected chi connectivity index (χ3v) is 1.55. The normalized spacial score (nSPS) is 17.9. The van der Waals surface area contributed by atoms with Gasteiger partial charge in [-0.3, -0.25) is 0 Å². The van der Waals surface area contributed by atoms with Gasteiger partial charge in [0.25, 0.3) is 0 Å². The highest BCUT2D eigenvalue weighted by Crippen LogP contribution is 2.19. The number of nitrogens with one attached hydrogen (secondary N) is 1. The highest BCUT2D eigenvalue weighted by Gasteiger charge is 2.38. The van der Waals surface area contributed by atoms with E-state index in [9.17, 15) is 13.2 Å². The fourth-order valence-corrected chi connectivity index (χ4v) is 0.595. The van der Waals surface area contributed by atoms with Crippen molar-refractivity contribution in [1.82, 2.24) is 5.32 Å². The summed E-state index contributed by atoms with van der Waals surface area (Å²) in [6, 6.07) is -0.739. The molecule has 0 rings (SSSR count). The number of nitrogens with two attached hydrogens (primary N) is 1. The van der Waals surface area contributed by atoms with Gasteiger partial charge >= 0.3 is 6.18 Å². The number of alkyl halides is 3. The van der Waals surface area contributed by atoms with Gasteiger partial charge in [-0.05, 0) is 6.92 Å². The summed E-state index contributed by atoms with van der Waals surface area (Å²) in [6.45, 7) is 0.693. The van der Waals surface area contributed by atoms with Crippen molar-refractivity contribution in [2.75, 3.05) is 6.54 Å². The number of aliphatic hydroxyl groups excluding tert-OH is 1. The summed E-state index contributed by atoms with van der Waals surface area (Å²) in [4.78, 5) is 0. The summed E-state index contributed by atoms with van der Waals surface area (Å²) in [5.74, 6) is -0.251. The van der Waals surface area contributed by atoms with E-state index >= 15 is 0 Å². The first-order valence-corrected chi connectivity index (χ1v) is 3.74. The zero-order valence-corrected chi connectivity index (χ0v) is 7.41. The van der Waals surface area contributed by atoms with Crippen LogP contribution < -0.4 is 11.1 Å². The van der Waals surface area contributed by atoms with Gasteiger partial charge in [0.15, 0.2) is 11.9 Å². The Morgan fingerprint density at radius 2 is 2.07 bits per heavy atom. The maximum Gasteiger partial charge on any atom is 0.415 e. The van der Waals surface area contributed by atoms with E-state index in [2.05, 4.69) is 10.5 Å². The molecule has 2 unspecified atom stereocenters. The Morgan fingerprint density at radius 1 is 1.57 bits per heavy atom. The highest BCUT2D eigenvalue weighted by molar-refractivity contribution is 5.84. The molecule has 0 saturated carbocycles. The average Bonchev–Trinajstić information content (AvgIpc) is 2.10. The number of amidine groups is 1. The van der Waals surface area contributed by atoms with Crippen LogP contribution in [0, 0.1) is 0 Å². The zero-order chi connectivity index (χ0) is 11.4. The number of aliphatic hydroxyl groups is 1. The van der Waals surface area contributed by atoms with E-state index in [1.165, 1.54) is 6.92 Å². The molecule has 0 fully saturated rings. The van der Waals surface area contributed by atoms with Crippen LogP contribution in [0.2, 0.25) is 0 Å². The topological polar surface area (TPSA) is 90.9 Å². The number of hydrogen-bond acceptors (Lipinski definition) is 4. The molecular formula is C6H12F3N3O2. The van der Waals surface area contributed by atoms with Crippen molar-refractivity contribution in [2.45, 2.75) is 25.2 Å². The summed E-state index contributed by atoms with van der Waals surface area (Å²) >= 11 is 0. The number of halogens is 3. The minimum absolute atomic E-state index is 0.251. The molecule has 0 aliphatic rings. The molecule has 84 valence electrons. The second-order valence-corrected chi connectivity index (χ2v) is 2.71. The first-order chi connectivity index (χ1) is 6.29. The molecule has 0 aliphatic heterocycles. The molecular weight excluding hydrogens is 203 g/mol. The van der Waals surface area contributed by atoms with Crippen LogP contribution in [0.15, 0.2) is 5.16 Å². The van der Waals surface area contributed by atoms with Gasteiger partial charge in [-0.15, -0.1) is 0 Å². The summed E-state index contributed by atoms with van der Waals surface area (Å²) in [5, 5.41) is 21.6. The summed E-state index contributed by atoms with van der Waals surface area (Å²) in [6.07, 6.45) is -7.13. The second kappa shape index (κ2) is 5.01. The molecule has 0 saturated heterocycles. The number of oxime groups is 1. The van der Waals surface area contributed by atoms with Crippen molar-refractivity contribution < 1.29 is 23.5 Å². The van der Waals surface area contributed by atoms with Crippen molar-refractivity contribution in [3.05, 3.63) is 0 Å². The zero-order valence-electron chi connectivity index (χ0n) is 7.41. The van der Waals surface area contributed by atoms with Crippen LogP contribution in [0.25, 0.3) is 0 Å². The van der Waals surface area contributed by atoms with Crippen molar-refractivity contribution in [2.24, 2.45) is 10.9 Å². The molecule has 0 radical (unpaired) electrons. The van der Waals surface area contributed by atoms with Gasteiger partial charge in [0.2, 0.25) is 0 Å². The minimum atomic E-state index is -4.67. The van der Waals surface area contributed by atoms with Gasteiger partial charge in [0, 0.05) is 6.54 Å². The lowest BCUT2D eigenvalue weighted by atomic mass is 10.2. The molecule has 5 nitrogen and oxygen atoms in total. The number of hydrogen-bond donors (Lipinski definition) is 4. The van der Waals surface area contributed by atoms with Crippen LogP contribution in [0.1, 0.15) is 6.92 Å². The van der Waals surface area contributed by atoms with Gasteiger partial charge in [0.05, 0.1) is 6.04 Å². The van der Waals surface area contributed by atoms with Gasteiger partial charge in [0.1, 0.15) is 0 Å². The Labute approximate surface area is 78.4 Å². The van der Waals surface area contributed by atoms with E-state index < -0.39 is 24.9 Å². The van der Waals surface area contributed by atoms with Gasteiger partial charge < -0.3 is 21.4 Å². The molecule has 0 heterocycles. The predicted molar refractivity (Wildman–Crippen MR) is 42.9 cm³/mol. The van der Waals surface area contributed by atoms with Crippen molar-refractivity contribution in [3.63, 3.8) is 0 Å². The molecule has 8 heteroatoms.